The van der Waals surface area contributed by atoms with Gasteiger partial charge in [0.05, 0.1) is 6.04 Å². The van der Waals surface area contributed by atoms with Crippen molar-refractivity contribution in [3.63, 3.8) is 0 Å². The summed E-state index contributed by atoms with van der Waals surface area (Å²) in [6.45, 7) is 11.8. The fraction of sp³-hybridized carbons (Fsp3) is 0.486. The summed E-state index contributed by atoms with van der Waals surface area (Å²) in [5, 5.41) is 11.1. The molecule has 0 saturated carbocycles. The van der Waals surface area contributed by atoms with Crippen LogP contribution >= 0.6 is 11.6 Å². The third-order valence-corrected chi connectivity index (χ3v) is 10.1. The largest absolute Gasteiger partial charge is 0.475 e. The Morgan fingerprint density at radius 3 is 2.76 bits per heavy atom. The minimum absolute atomic E-state index is 0.0333. The van der Waals surface area contributed by atoms with Gasteiger partial charge in [-0.05, 0) is 67.5 Å². The van der Waals surface area contributed by atoms with E-state index in [-0.39, 0.29) is 43.8 Å². The van der Waals surface area contributed by atoms with Gasteiger partial charge in [-0.15, -0.1) is 0 Å². The number of carbonyl (C=O) groups is 1. The molecule has 46 heavy (non-hydrogen) atoms. The standard InChI is InChI=1S/C35H37ClF2N6O2/c1-21(37)35(45)44-12-11-43(19-25(44)17-40-2)33-29-14-31(36)28(27-10-6-8-22-7-4-5-9-26(22)27)15-32(29)41-34(30(33)16-39)46-20-24-13-23(38)18-42(24)3/h6,8,10,14-15,23-25,29,32H,1,4-5,7,9,11-13,17-20H2,3H3/t23-,24+,25+,29?,32?/m1/s1. The number of nitriles is 1. The van der Waals surface area contributed by atoms with Crippen molar-refractivity contribution in [1.29, 1.82) is 5.26 Å². The molecule has 0 radical (unpaired) electrons. The Kier molecular flexibility index (Phi) is 9.31. The molecule has 2 unspecified atom stereocenters. The smallest absolute Gasteiger partial charge is 0.282 e. The molecule has 1 amide bonds. The topological polar surface area (TPSA) is 76.5 Å². The molecule has 11 heteroatoms. The van der Waals surface area contributed by atoms with Gasteiger partial charge in [0.2, 0.25) is 12.4 Å². The Morgan fingerprint density at radius 2 is 2.04 bits per heavy atom. The lowest BCUT2D eigenvalue weighted by atomic mass is 9.80. The van der Waals surface area contributed by atoms with Crippen molar-refractivity contribution in [3.8, 4) is 6.07 Å². The van der Waals surface area contributed by atoms with Crippen molar-refractivity contribution in [2.75, 3.05) is 46.4 Å². The van der Waals surface area contributed by atoms with Crippen molar-refractivity contribution < 1.29 is 18.3 Å². The highest BCUT2D eigenvalue weighted by Crippen LogP contribution is 2.43. The van der Waals surface area contributed by atoms with E-state index in [4.69, 9.17) is 27.9 Å². The van der Waals surface area contributed by atoms with Gasteiger partial charge in [-0.3, -0.25) is 9.69 Å². The van der Waals surface area contributed by atoms with Gasteiger partial charge in [0.1, 0.15) is 30.5 Å². The number of likely N-dealkylation sites (tertiary alicyclic amines) is 1. The summed E-state index contributed by atoms with van der Waals surface area (Å²) in [5.41, 5.74) is 5.50. The number of likely N-dealkylation sites (N-methyl/N-ethyl adjacent to an activating group) is 1. The first-order valence-electron chi connectivity index (χ1n) is 15.8. The molecular weight excluding hydrogens is 610 g/mol. The van der Waals surface area contributed by atoms with E-state index >= 15 is 0 Å². The Hall–Kier alpha value is -3.99. The Bertz CT molecular complexity index is 1640. The van der Waals surface area contributed by atoms with Crippen molar-refractivity contribution in [2.24, 2.45) is 10.9 Å². The Balaban J connectivity index is 1.39. The molecule has 2 saturated heterocycles. The molecule has 1 aromatic carbocycles. The van der Waals surface area contributed by atoms with Gasteiger partial charge < -0.3 is 19.4 Å². The summed E-state index contributed by atoms with van der Waals surface area (Å²) >= 11 is 7.07. The molecule has 1 aromatic rings. The number of aryl methyl sites for hydroxylation is 1. The third-order valence-electron chi connectivity index (χ3n) is 9.81. The van der Waals surface area contributed by atoms with Gasteiger partial charge >= 0.3 is 0 Å². The summed E-state index contributed by atoms with van der Waals surface area (Å²) in [7, 11) is 1.85. The number of halogens is 3. The van der Waals surface area contributed by atoms with E-state index in [2.05, 4.69) is 41.8 Å². The summed E-state index contributed by atoms with van der Waals surface area (Å²) in [6.07, 6.45) is 7.68. The van der Waals surface area contributed by atoms with Crippen LogP contribution in [0.1, 0.15) is 36.0 Å². The lowest BCUT2D eigenvalue weighted by molar-refractivity contribution is -0.132. The number of ether oxygens (including phenoxy) is 1. The van der Waals surface area contributed by atoms with Crippen LogP contribution in [0.2, 0.25) is 0 Å². The molecule has 3 heterocycles. The molecule has 5 aliphatic rings. The molecule has 0 N–H and O–H groups in total. The summed E-state index contributed by atoms with van der Waals surface area (Å²) < 4.78 is 34.3. The van der Waals surface area contributed by atoms with Crippen LogP contribution in [-0.2, 0) is 22.4 Å². The minimum Gasteiger partial charge on any atom is -0.475 e. The number of hydrogen-bond acceptors (Lipinski definition) is 6. The maximum Gasteiger partial charge on any atom is 0.282 e. The van der Waals surface area contributed by atoms with Crippen molar-refractivity contribution in [2.45, 2.75) is 56.4 Å². The van der Waals surface area contributed by atoms with Crippen molar-refractivity contribution >= 4 is 29.0 Å². The van der Waals surface area contributed by atoms with E-state index < -0.39 is 35.9 Å². The number of alkyl halides is 1. The van der Waals surface area contributed by atoms with Gasteiger partial charge in [0.15, 0.2) is 5.83 Å². The number of carbonyl (C=O) groups excluding carboxylic acids is 1. The van der Waals surface area contributed by atoms with Crippen LogP contribution in [0.4, 0.5) is 8.78 Å². The van der Waals surface area contributed by atoms with E-state index in [0.717, 1.165) is 36.8 Å². The molecule has 3 aliphatic heterocycles. The van der Waals surface area contributed by atoms with Gasteiger partial charge in [-0.2, -0.15) is 5.26 Å². The van der Waals surface area contributed by atoms with Crippen LogP contribution in [0.15, 0.2) is 64.1 Å². The fourth-order valence-corrected chi connectivity index (χ4v) is 7.81. The number of aliphatic imine (C=N–C) groups is 1. The summed E-state index contributed by atoms with van der Waals surface area (Å²) in [6, 6.07) is 7.44. The highest BCUT2D eigenvalue weighted by molar-refractivity contribution is 6.37. The number of dihydropyridines is 1. The molecule has 8 nitrogen and oxygen atoms in total. The number of fused-ring (bicyclic) bond motifs is 2. The average molecular weight is 647 g/mol. The van der Waals surface area contributed by atoms with Crippen LogP contribution in [0.3, 0.4) is 0 Å². The fourth-order valence-electron chi connectivity index (χ4n) is 7.51. The third kappa shape index (κ3) is 6.09. The molecule has 2 fully saturated rings. The van der Waals surface area contributed by atoms with E-state index in [1.807, 2.05) is 22.9 Å². The van der Waals surface area contributed by atoms with Crippen LogP contribution in [-0.4, -0.2) is 97.2 Å². The number of amides is 1. The quantitative estimate of drug-likeness (QED) is 0.313. The molecule has 0 spiro atoms. The van der Waals surface area contributed by atoms with Crippen molar-refractivity contribution in [3.05, 3.63) is 87.2 Å². The highest BCUT2D eigenvalue weighted by Gasteiger charge is 2.42. The molecule has 0 aromatic heterocycles. The number of nitrogens with zero attached hydrogens (tertiary/aromatic N) is 6. The van der Waals surface area contributed by atoms with E-state index in [0.29, 0.717) is 30.2 Å². The van der Waals surface area contributed by atoms with Gasteiger partial charge in [0, 0.05) is 48.9 Å². The second kappa shape index (κ2) is 13.4. The number of rotatable bonds is 6. The minimum atomic E-state index is -1.07. The van der Waals surface area contributed by atoms with Crippen LogP contribution in [0.25, 0.3) is 10.4 Å². The predicted molar refractivity (Wildman–Crippen MR) is 173 cm³/mol. The number of benzene rings is 1. The van der Waals surface area contributed by atoms with E-state index in [9.17, 15) is 18.8 Å². The van der Waals surface area contributed by atoms with E-state index in [1.165, 1.54) is 16.0 Å². The monoisotopic (exact) mass is 646 g/mol. The molecule has 240 valence electrons. The van der Waals surface area contributed by atoms with Crippen LogP contribution in [0.5, 0.6) is 0 Å². The second-order valence-corrected chi connectivity index (χ2v) is 13.1. The molecule has 2 aliphatic carbocycles. The molecule has 6 rings (SSSR count). The Labute approximate surface area is 273 Å². The molecule has 5 atom stereocenters. The average Bonchev–Trinajstić information content (AvgIpc) is 3.38. The van der Waals surface area contributed by atoms with Crippen molar-refractivity contribution in [1.82, 2.24) is 14.7 Å². The summed E-state index contributed by atoms with van der Waals surface area (Å²) in [5.74, 6) is -2.13. The van der Waals surface area contributed by atoms with Crippen LogP contribution < -0.4 is 0 Å². The SMILES string of the molecule is [C-]#[N+]C[C@H]1CN(C2=C(C#N)C(OC[C@@H]3C[C@@H](F)CN3C)=NC3C=C(c4cccc5c4CCCC5)C(Cl)=CC23)CCN1C(=O)C(=C)F. The van der Waals surface area contributed by atoms with Gasteiger partial charge in [-0.25, -0.2) is 20.3 Å². The second-order valence-electron chi connectivity index (χ2n) is 12.6. The normalized spacial score (nSPS) is 27.9. The lowest BCUT2D eigenvalue weighted by Crippen LogP contribution is -2.57. The van der Waals surface area contributed by atoms with Gasteiger partial charge in [0.25, 0.3) is 5.91 Å². The zero-order valence-corrected chi connectivity index (χ0v) is 26.6. The molecular formula is C35H37ClF2N6O2. The first kappa shape index (κ1) is 32.0. The molecule has 0 bridgehead atoms. The first-order valence-corrected chi connectivity index (χ1v) is 16.2. The number of allylic oxidation sites excluding steroid dienone is 2. The lowest BCUT2D eigenvalue weighted by Gasteiger charge is -2.44. The van der Waals surface area contributed by atoms with E-state index in [1.54, 1.807) is 0 Å². The maximum absolute atomic E-state index is 14.2. The summed E-state index contributed by atoms with van der Waals surface area (Å²) in [4.78, 5) is 26.3. The zero-order valence-electron chi connectivity index (χ0n) is 25.9. The first-order chi connectivity index (χ1) is 22.2. The predicted octanol–water partition coefficient (Wildman–Crippen LogP) is 5.23. The number of piperazine rings is 1. The Morgan fingerprint density at radius 1 is 1.24 bits per heavy atom. The van der Waals surface area contributed by atoms with Gasteiger partial charge in [-0.1, -0.05) is 42.5 Å². The zero-order chi connectivity index (χ0) is 32.5. The highest BCUT2D eigenvalue weighted by atomic mass is 35.5. The number of hydrogen-bond donors (Lipinski definition) is 0. The van der Waals surface area contributed by atoms with Crippen LogP contribution in [0, 0.1) is 23.8 Å². The maximum atomic E-state index is 14.2.